The minimum Gasteiger partial charge on any atom is -0.352 e. The first-order valence-corrected chi connectivity index (χ1v) is 8.58. The van der Waals surface area contributed by atoms with Crippen LogP contribution in [0.15, 0.2) is 65.9 Å². The maximum Gasteiger partial charge on any atom is 0.191 e. The molecule has 0 aliphatic carbocycles. The Labute approximate surface area is 156 Å². The lowest BCUT2D eigenvalue weighted by Crippen LogP contribution is -2.36. The number of aliphatic imine (C=N–C) groups is 1. The normalized spacial score (nSPS) is 11.4. The van der Waals surface area contributed by atoms with E-state index in [1.807, 2.05) is 35.1 Å². The van der Waals surface area contributed by atoms with Crippen LogP contribution in [0.4, 0.5) is 8.78 Å². The molecule has 0 amide bonds. The molecule has 1 aromatic heterocycles. The van der Waals surface area contributed by atoms with Gasteiger partial charge in [0.05, 0.1) is 6.54 Å². The lowest BCUT2D eigenvalue weighted by atomic mass is 10.1. The van der Waals surface area contributed by atoms with Crippen molar-refractivity contribution < 1.29 is 8.78 Å². The molecule has 0 bridgehead atoms. The summed E-state index contributed by atoms with van der Waals surface area (Å²) < 4.78 is 28.9. The van der Waals surface area contributed by atoms with Gasteiger partial charge in [-0.1, -0.05) is 24.3 Å². The molecule has 0 fully saturated rings. The summed E-state index contributed by atoms with van der Waals surface area (Å²) in [6, 6.07) is 13.3. The van der Waals surface area contributed by atoms with Crippen molar-refractivity contribution in [2.24, 2.45) is 4.99 Å². The summed E-state index contributed by atoms with van der Waals surface area (Å²) in [5, 5.41) is 10.4. The maximum atomic E-state index is 13.7. The first-order chi connectivity index (χ1) is 13.2. The van der Waals surface area contributed by atoms with Crippen LogP contribution >= 0.6 is 0 Å². The summed E-state index contributed by atoms with van der Waals surface area (Å²) in [5.41, 5.74) is 2.49. The number of nitrogens with one attached hydrogen (secondary N) is 2. The van der Waals surface area contributed by atoms with Gasteiger partial charge in [0.15, 0.2) is 5.96 Å². The molecule has 5 nitrogen and oxygen atoms in total. The van der Waals surface area contributed by atoms with E-state index in [-0.39, 0.29) is 12.1 Å². The molecule has 27 heavy (non-hydrogen) atoms. The molecular formula is C20H21F2N5. The van der Waals surface area contributed by atoms with Gasteiger partial charge < -0.3 is 10.6 Å². The van der Waals surface area contributed by atoms with E-state index < -0.39 is 11.6 Å². The van der Waals surface area contributed by atoms with E-state index >= 15 is 0 Å². The van der Waals surface area contributed by atoms with Crippen molar-refractivity contribution in [2.45, 2.75) is 19.6 Å². The molecule has 7 heteroatoms. The van der Waals surface area contributed by atoms with Crippen LogP contribution in [0.2, 0.25) is 0 Å². The molecule has 140 valence electrons. The van der Waals surface area contributed by atoms with Crippen molar-refractivity contribution in [3.05, 3.63) is 89.2 Å². The number of rotatable bonds is 6. The quantitative estimate of drug-likeness (QED) is 0.519. The largest absolute Gasteiger partial charge is 0.352 e. The van der Waals surface area contributed by atoms with Crippen LogP contribution in [0.3, 0.4) is 0 Å². The second-order valence-corrected chi connectivity index (χ2v) is 5.99. The minimum absolute atomic E-state index is 0.137. The average molecular weight is 369 g/mol. The van der Waals surface area contributed by atoms with Gasteiger partial charge in [-0.15, -0.1) is 0 Å². The molecule has 0 unspecified atom stereocenters. The number of hydrogen-bond donors (Lipinski definition) is 2. The summed E-state index contributed by atoms with van der Waals surface area (Å²) in [4.78, 5) is 4.14. The zero-order valence-electron chi connectivity index (χ0n) is 15.0. The molecule has 0 saturated heterocycles. The Morgan fingerprint density at radius 2 is 1.74 bits per heavy atom. The number of aromatic nitrogens is 2. The summed E-state index contributed by atoms with van der Waals surface area (Å²) in [5.74, 6) is -0.417. The first-order valence-electron chi connectivity index (χ1n) is 8.58. The van der Waals surface area contributed by atoms with Gasteiger partial charge in [-0.2, -0.15) is 5.10 Å². The molecule has 0 saturated carbocycles. The van der Waals surface area contributed by atoms with Crippen LogP contribution in [-0.4, -0.2) is 22.8 Å². The van der Waals surface area contributed by atoms with Crippen molar-refractivity contribution in [1.82, 2.24) is 20.4 Å². The molecule has 0 spiro atoms. The summed E-state index contributed by atoms with van der Waals surface area (Å²) >= 11 is 0. The zero-order valence-corrected chi connectivity index (χ0v) is 15.0. The standard InChI is InChI=1S/C20H21F2N5/c1-23-20(25-13-17-11-18(21)7-8-19(17)22)24-12-15-5-2-3-6-16(15)14-27-10-4-9-26-27/h2-11H,12-14H2,1H3,(H2,23,24,25). The Balaban J connectivity index is 1.60. The highest BCUT2D eigenvalue weighted by Crippen LogP contribution is 2.11. The molecule has 3 rings (SSSR count). The van der Waals surface area contributed by atoms with Crippen molar-refractivity contribution >= 4 is 5.96 Å². The number of hydrogen-bond acceptors (Lipinski definition) is 2. The van der Waals surface area contributed by atoms with Crippen LogP contribution in [0.1, 0.15) is 16.7 Å². The Hall–Kier alpha value is -3.22. The topological polar surface area (TPSA) is 54.2 Å². The Kier molecular flexibility index (Phi) is 6.14. The second-order valence-electron chi connectivity index (χ2n) is 5.99. The predicted octanol–water partition coefficient (Wildman–Crippen LogP) is 3.07. The van der Waals surface area contributed by atoms with Crippen LogP contribution in [0, 0.1) is 11.6 Å². The summed E-state index contributed by atoms with van der Waals surface area (Å²) in [7, 11) is 1.63. The van der Waals surface area contributed by atoms with Gasteiger partial charge >= 0.3 is 0 Å². The third-order valence-electron chi connectivity index (χ3n) is 4.13. The Morgan fingerprint density at radius 1 is 1.00 bits per heavy atom. The van der Waals surface area contributed by atoms with Gasteiger partial charge in [0, 0.05) is 38.1 Å². The highest BCUT2D eigenvalue weighted by molar-refractivity contribution is 5.79. The van der Waals surface area contributed by atoms with Crippen molar-refractivity contribution in [3.8, 4) is 0 Å². The van der Waals surface area contributed by atoms with Crippen molar-refractivity contribution in [3.63, 3.8) is 0 Å². The molecular weight excluding hydrogens is 348 g/mol. The average Bonchev–Trinajstić information content (AvgIpc) is 3.18. The fourth-order valence-electron chi connectivity index (χ4n) is 2.71. The van der Waals surface area contributed by atoms with Gasteiger partial charge in [0.2, 0.25) is 0 Å². The number of guanidine groups is 1. The highest BCUT2D eigenvalue weighted by Gasteiger charge is 2.07. The van der Waals surface area contributed by atoms with E-state index in [1.165, 1.54) is 6.07 Å². The molecule has 0 radical (unpaired) electrons. The SMILES string of the molecule is CN=C(NCc1cc(F)ccc1F)NCc1ccccc1Cn1cccn1. The van der Waals surface area contributed by atoms with Gasteiger partial charge in [-0.05, 0) is 35.4 Å². The number of halogens is 2. The molecule has 0 aliphatic heterocycles. The monoisotopic (exact) mass is 369 g/mol. The van der Waals surface area contributed by atoms with Gasteiger partial charge in [-0.3, -0.25) is 9.67 Å². The van der Waals surface area contributed by atoms with E-state index in [2.05, 4.69) is 26.8 Å². The molecule has 3 aromatic rings. The van der Waals surface area contributed by atoms with Gasteiger partial charge in [0.1, 0.15) is 11.6 Å². The third-order valence-corrected chi connectivity index (χ3v) is 4.13. The van der Waals surface area contributed by atoms with Gasteiger partial charge in [-0.25, -0.2) is 8.78 Å². The van der Waals surface area contributed by atoms with Crippen LogP contribution in [0.5, 0.6) is 0 Å². The van der Waals surface area contributed by atoms with Crippen LogP contribution in [0.25, 0.3) is 0 Å². The zero-order chi connectivity index (χ0) is 19.1. The Morgan fingerprint density at radius 3 is 2.44 bits per heavy atom. The van der Waals surface area contributed by atoms with Crippen LogP contribution < -0.4 is 10.6 Å². The summed E-state index contributed by atoms with van der Waals surface area (Å²) in [6.45, 7) is 1.35. The Bertz CT molecular complexity index is 906. The van der Waals surface area contributed by atoms with E-state index in [4.69, 9.17) is 0 Å². The van der Waals surface area contributed by atoms with Gasteiger partial charge in [0.25, 0.3) is 0 Å². The molecule has 2 aromatic carbocycles. The van der Waals surface area contributed by atoms with E-state index in [9.17, 15) is 8.78 Å². The maximum absolute atomic E-state index is 13.7. The van der Waals surface area contributed by atoms with E-state index in [1.54, 1.807) is 13.2 Å². The second kappa shape index (κ2) is 8.93. The molecule has 0 aliphatic rings. The van der Waals surface area contributed by atoms with E-state index in [0.29, 0.717) is 19.0 Å². The van der Waals surface area contributed by atoms with Crippen molar-refractivity contribution in [1.29, 1.82) is 0 Å². The third kappa shape index (κ3) is 5.13. The minimum atomic E-state index is -0.469. The summed E-state index contributed by atoms with van der Waals surface area (Å²) in [6.07, 6.45) is 3.66. The fourth-order valence-corrected chi connectivity index (χ4v) is 2.71. The predicted molar refractivity (Wildman–Crippen MR) is 101 cm³/mol. The molecule has 2 N–H and O–H groups in total. The molecule has 1 heterocycles. The van der Waals surface area contributed by atoms with Crippen LogP contribution in [-0.2, 0) is 19.6 Å². The lowest BCUT2D eigenvalue weighted by Gasteiger charge is -2.15. The highest BCUT2D eigenvalue weighted by atomic mass is 19.1. The number of benzene rings is 2. The first kappa shape index (κ1) is 18.6. The molecule has 0 atom stereocenters. The number of nitrogens with zero attached hydrogens (tertiary/aromatic N) is 3. The van der Waals surface area contributed by atoms with Crippen molar-refractivity contribution in [2.75, 3.05) is 7.05 Å². The van der Waals surface area contributed by atoms with E-state index in [0.717, 1.165) is 23.3 Å². The smallest absolute Gasteiger partial charge is 0.191 e. The fraction of sp³-hybridized carbons (Fsp3) is 0.200. The lowest BCUT2D eigenvalue weighted by molar-refractivity contribution is 0.581.